The van der Waals surface area contributed by atoms with Gasteiger partial charge < -0.3 is 14.8 Å². The van der Waals surface area contributed by atoms with Crippen LogP contribution in [0.4, 0.5) is 11.6 Å². The van der Waals surface area contributed by atoms with Crippen molar-refractivity contribution in [3.8, 4) is 11.4 Å². The van der Waals surface area contributed by atoms with E-state index in [2.05, 4.69) is 20.3 Å². The molecule has 4 aromatic heterocycles. The van der Waals surface area contributed by atoms with Gasteiger partial charge >= 0.3 is 0 Å². The zero-order valence-corrected chi connectivity index (χ0v) is 16.7. The summed E-state index contributed by atoms with van der Waals surface area (Å²) >= 11 is 0. The Bertz CT molecular complexity index is 1210. The molecule has 0 atom stereocenters. The minimum absolute atomic E-state index is 0.249. The molecule has 0 radical (unpaired) electrons. The van der Waals surface area contributed by atoms with E-state index in [0.717, 1.165) is 28.1 Å². The summed E-state index contributed by atoms with van der Waals surface area (Å²) in [4.78, 5) is 32.1. The number of carbonyl (C=O) groups is 1. The largest absolute Gasteiger partial charge is 0.363 e. The van der Waals surface area contributed by atoms with E-state index in [1.165, 1.54) is 0 Å². The summed E-state index contributed by atoms with van der Waals surface area (Å²) in [6.07, 6.45) is 5.12. The number of imidazole rings is 1. The third-order valence-electron chi connectivity index (χ3n) is 4.76. The van der Waals surface area contributed by atoms with E-state index in [9.17, 15) is 4.79 Å². The monoisotopic (exact) mass is 387 g/mol. The Balaban J connectivity index is 1.63. The van der Waals surface area contributed by atoms with Gasteiger partial charge in [0.1, 0.15) is 17.5 Å². The first kappa shape index (κ1) is 18.5. The van der Waals surface area contributed by atoms with E-state index < -0.39 is 0 Å². The van der Waals surface area contributed by atoms with E-state index >= 15 is 0 Å². The van der Waals surface area contributed by atoms with Crippen molar-refractivity contribution in [3.05, 3.63) is 60.3 Å². The Labute approximate surface area is 168 Å². The molecule has 146 valence electrons. The number of anilines is 2. The summed E-state index contributed by atoms with van der Waals surface area (Å²) in [5.74, 6) is 1.82. The molecule has 0 fully saturated rings. The summed E-state index contributed by atoms with van der Waals surface area (Å²) in [5.41, 5.74) is 3.00. The minimum Gasteiger partial charge on any atom is -0.363 e. The fraction of sp³-hybridized carbons (Fsp3) is 0.190. The van der Waals surface area contributed by atoms with Crippen molar-refractivity contribution in [2.45, 2.75) is 6.92 Å². The molecule has 0 aliphatic carbocycles. The number of hydrogen-bond donors (Lipinski definition) is 1. The van der Waals surface area contributed by atoms with E-state index in [0.29, 0.717) is 17.2 Å². The predicted molar refractivity (Wildman–Crippen MR) is 113 cm³/mol. The van der Waals surface area contributed by atoms with Crippen molar-refractivity contribution in [2.75, 3.05) is 24.3 Å². The second-order valence-electron chi connectivity index (χ2n) is 6.96. The smallest absolute Gasteiger partial charge is 0.257 e. The van der Waals surface area contributed by atoms with Crippen LogP contribution in [0.15, 0.2) is 48.9 Å². The highest BCUT2D eigenvalue weighted by molar-refractivity contribution is 6.04. The van der Waals surface area contributed by atoms with E-state index in [-0.39, 0.29) is 5.91 Å². The van der Waals surface area contributed by atoms with Gasteiger partial charge in [0.25, 0.3) is 5.91 Å². The maximum Gasteiger partial charge on any atom is 0.257 e. The number of pyridine rings is 3. The normalized spacial score (nSPS) is 10.9. The number of amides is 1. The maximum atomic E-state index is 12.6. The van der Waals surface area contributed by atoms with Crippen molar-refractivity contribution in [3.63, 3.8) is 0 Å². The highest BCUT2D eigenvalue weighted by atomic mass is 16.1. The quantitative estimate of drug-likeness (QED) is 0.579. The number of aromatic nitrogens is 5. The van der Waals surface area contributed by atoms with Gasteiger partial charge in [0.2, 0.25) is 0 Å². The second kappa shape index (κ2) is 7.31. The highest BCUT2D eigenvalue weighted by Crippen LogP contribution is 2.22. The average Bonchev–Trinajstić information content (AvgIpc) is 3.06. The maximum absolute atomic E-state index is 12.6. The molecule has 4 heterocycles. The molecular weight excluding hydrogens is 366 g/mol. The molecular formula is C21H21N7O. The molecule has 4 aromatic rings. The van der Waals surface area contributed by atoms with Gasteiger partial charge in [-0.25, -0.2) is 19.9 Å². The summed E-state index contributed by atoms with van der Waals surface area (Å²) in [5, 5.41) is 3.73. The van der Waals surface area contributed by atoms with Crippen molar-refractivity contribution in [1.29, 1.82) is 0 Å². The first-order chi connectivity index (χ1) is 13.9. The molecule has 0 saturated heterocycles. The van der Waals surface area contributed by atoms with E-state index in [4.69, 9.17) is 4.98 Å². The third kappa shape index (κ3) is 3.64. The van der Waals surface area contributed by atoms with Crippen molar-refractivity contribution >= 4 is 28.4 Å². The Hall–Kier alpha value is -3.81. The van der Waals surface area contributed by atoms with Gasteiger partial charge in [0.15, 0.2) is 0 Å². The number of fused-ring (bicyclic) bond motifs is 1. The lowest BCUT2D eigenvalue weighted by molar-refractivity contribution is 0.102. The minimum atomic E-state index is -0.249. The summed E-state index contributed by atoms with van der Waals surface area (Å²) in [7, 11) is 5.71. The van der Waals surface area contributed by atoms with E-state index in [1.54, 1.807) is 36.8 Å². The standard InChI is InChI=1S/C21H21N7O/c1-13-23-12-18(28(13)4)16-6-5-15-11-24-19(10-17(15)25-16)26-21(29)14-7-8-22-20(9-14)27(2)3/h5-12H,1-4H3,(H,24,26,29). The Kier molecular flexibility index (Phi) is 4.67. The Morgan fingerprint density at radius 2 is 1.90 bits per heavy atom. The summed E-state index contributed by atoms with van der Waals surface area (Å²) in [6, 6.07) is 9.08. The molecule has 4 rings (SSSR count). The topological polar surface area (TPSA) is 88.8 Å². The second-order valence-corrected chi connectivity index (χ2v) is 6.96. The lowest BCUT2D eigenvalue weighted by Crippen LogP contribution is -2.15. The molecule has 0 aromatic carbocycles. The first-order valence-electron chi connectivity index (χ1n) is 9.12. The van der Waals surface area contributed by atoms with Gasteiger partial charge in [-0.05, 0) is 31.2 Å². The summed E-state index contributed by atoms with van der Waals surface area (Å²) in [6.45, 7) is 1.95. The number of aryl methyl sites for hydroxylation is 1. The van der Waals surface area contributed by atoms with Crippen LogP contribution in [-0.2, 0) is 7.05 Å². The lowest BCUT2D eigenvalue weighted by Gasteiger charge is -2.12. The molecule has 0 spiro atoms. The number of carbonyl (C=O) groups excluding carboxylic acids is 1. The Morgan fingerprint density at radius 3 is 2.62 bits per heavy atom. The zero-order chi connectivity index (χ0) is 20.5. The summed E-state index contributed by atoms with van der Waals surface area (Å²) < 4.78 is 1.99. The average molecular weight is 387 g/mol. The SMILES string of the molecule is Cc1ncc(-c2ccc3cnc(NC(=O)c4ccnc(N(C)C)c4)cc3n2)n1C. The van der Waals surface area contributed by atoms with E-state index in [1.807, 2.05) is 49.7 Å². The van der Waals surface area contributed by atoms with Crippen LogP contribution in [0.3, 0.4) is 0 Å². The molecule has 0 bridgehead atoms. The van der Waals surface area contributed by atoms with Gasteiger partial charge in [-0.3, -0.25) is 4.79 Å². The van der Waals surface area contributed by atoms with Crippen LogP contribution in [0.25, 0.3) is 22.3 Å². The van der Waals surface area contributed by atoms with Gasteiger partial charge in [0.05, 0.1) is 23.1 Å². The lowest BCUT2D eigenvalue weighted by atomic mass is 10.2. The third-order valence-corrected chi connectivity index (χ3v) is 4.76. The van der Waals surface area contributed by atoms with Gasteiger partial charge in [-0.1, -0.05) is 0 Å². The highest BCUT2D eigenvalue weighted by Gasteiger charge is 2.11. The van der Waals surface area contributed by atoms with Crippen LogP contribution in [0, 0.1) is 6.92 Å². The molecule has 0 unspecified atom stereocenters. The van der Waals surface area contributed by atoms with Gasteiger partial charge in [-0.15, -0.1) is 0 Å². The van der Waals surface area contributed by atoms with Crippen molar-refractivity contribution in [2.24, 2.45) is 7.05 Å². The molecule has 29 heavy (non-hydrogen) atoms. The molecule has 0 saturated carbocycles. The molecule has 1 N–H and O–H groups in total. The van der Waals surface area contributed by atoms with Crippen molar-refractivity contribution < 1.29 is 4.79 Å². The number of nitrogens with zero attached hydrogens (tertiary/aromatic N) is 6. The van der Waals surface area contributed by atoms with Crippen LogP contribution in [0.2, 0.25) is 0 Å². The molecule has 0 aliphatic rings. The van der Waals surface area contributed by atoms with Crippen LogP contribution in [-0.4, -0.2) is 44.5 Å². The van der Waals surface area contributed by atoms with Crippen LogP contribution in [0.1, 0.15) is 16.2 Å². The molecule has 0 aliphatic heterocycles. The number of nitrogens with one attached hydrogen (secondary N) is 1. The zero-order valence-electron chi connectivity index (χ0n) is 16.7. The van der Waals surface area contributed by atoms with Gasteiger partial charge in [0, 0.05) is 50.6 Å². The fourth-order valence-electron chi connectivity index (χ4n) is 2.96. The number of rotatable bonds is 4. The molecule has 8 nitrogen and oxygen atoms in total. The van der Waals surface area contributed by atoms with Crippen LogP contribution >= 0.6 is 0 Å². The first-order valence-corrected chi connectivity index (χ1v) is 9.12. The molecule has 8 heteroatoms. The van der Waals surface area contributed by atoms with Crippen LogP contribution in [0.5, 0.6) is 0 Å². The predicted octanol–water partition coefficient (Wildman–Crippen LogP) is 3.05. The van der Waals surface area contributed by atoms with Crippen LogP contribution < -0.4 is 10.2 Å². The van der Waals surface area contributed by atoms with Gasteiger partial charge in [-0.2, -0.15) is 0 Å². The number of hydrogen-bond acceptors (Lipinski definition) is 6. The fourth-order valence-corrected chi connectivity index (χ4v) is 2.96. The Morgan fingerprint density at radius 1 is 1.07 bits per heavy atom. The molecule has 1 amide bonds. The van der Waals surface area contributed by atoms with Crippen molar-refractivity contribution in [1.82, 2.24) is 24.5 Å².